The maximum atomic E-state index is 10.6. The second-order valence-corrected chi connectivity index (χ2v) is 4.32. The van der Waals surface area contributed by atoms with E-state index in [4.69, 9.17) is 19.7 Å². The zero-order chi connectivity index (χ0) is 12.3. The average molecular weight is 232 g/mol. The van der Waals surface area contributed by atoms with Gasteiger partial charge in [0.05, 0.1) is 25.6 Å². The third kappa shape index (κ3) is 3.79. The molecule has 0 aromatic rings. The highest BCUT2D eigenvalue weighted by Gasteiger charge is 2.38. The van der Waals surface area contributed by atoms with Crippen LogP contribution in [-0.4, -0.2) is 40.6 Å². The first-order valence-electron chi connectivity index (χ1n) is 5.05. The number of carboxylic acids is 2. The molecule has 1 rings (SSSR count). The van der Waals surface area contributed by atoms with E-state index >= 15 is 0 Å². The lowest BCUT2D eigenvalue weighted by Gasteiger charge is -2.21. The number of ether oxygens (including phenoxy) is 2. The van der Waals surface area contributed by atoms with Gasteiger partial charge in [-0.25, -0.2) is 0 Å². The summed E-state index contributed by atoms with van der Waals surface area (Å²) >= 11 is 0. The van der Waals surface area contributed by atoms with Crippen LogP contribution in [0.1, 0.15) is 26.7 Å². The standard InChI is InChI=1S/C10H16O6/c1-10(2)15-5-7(16-10)6(3-8(11)12)4-9(13)14/h6-7H,3-5H2,1-2H3,(H,11,12)(H,13,14). The van der Waals surface area contributed by atoms with Gasteiger partial charge in [0.15, 0.2) is 5.79 Å². The number of carboxylic acid groups (broad SMARTS) is 2. The summed E-state index contributed by atoms with van der Waals surface area (Å²) in [6.45, 7) is 3.66. The quantitative estimate of drug-likeness (QED) is 0.724. The van der Waals surface area contributed by atoms with Crippen LogP contribution in [0.3, 0.4) is 0 Å². The largest absolute Gasteiger partial charge is 0.481 e. The fourth-order valence-electron chi connectivity index (χ4n) is 1.73. The van der Waals surface area contributed by atoms with Gasteiger partial charge in [-0.15, -0.1) is 0 Å². The highest BCUT2D eigenvalue weighted by Crippen LogP contribution is 2.29. The number of aliphatic carboxylic acids is 2. The molecule has 16 heavy (non-hydrogen) atoms. The highest BCUT2D eigenvalue weighted by molar-refractivity contribution is 5.70. The molecule has 0 spiro atoms. The van der Waals surface area contributed by atoms with E-state index in [2.05, 4.69) is 0 Å². The first-order chi connectivity index (χ1) is 7.30. The Morgan fingerprint density at radius 3 is 2.12 bits per heavy atom. The average Bonchev–Trinajstić information content (AvgIpc) is 2.43. The molecule has 1 atom stereocenters. The molecule has 1 aliphatic heterocycles. The molecule has 1 fully saturated rings. The Morgan fingerprint density at radius 2 is 1.81 bits per heavy atom. The van der Waals surface area contributed by atoms with Crippen molar-refractivity contribution in [2.24, 2.45) is 5.92 Å². The van der Waals surface area contributed by atoms with Crippen LogP contribution in [0.4, 0.5) is 0 Å². The molecule has 2 N–H and O–H groups in total. The molecule has 0 saturated carbocycles. The summed E-state index contributed by atoms with van der Waals surface area (Å²) in [7, 11) is 0. The molecule has 0 aromatic heterocycles. The molecule has 1 aliphatic rings. The summed E-state index contributed by atoms with van der Waals surface area (Å²) in [6, 6.07) is 0. The van der Waals surface area contributed by atoms with E-state index in [1.807, 2.05) is 0 Å². The third-order valence-electron chi connectivity index (χ3n) is 2.43. The molecule has 0 amide bonds. The monoisotopic (exact) mass is 232 g/mol. The van der Waals surface area contributed by atoms with Gasteiger partial charge in [-0.05, 0) is 13.8 Å². The van der Waals surface area contributed by atoms with Crippen LogP contribution in [0.5, 0.6) is 0 Å². The Morgan fingerprint density at radius 1 is 1.31 bits per heavy atom. The molecule has 6 heteroatoms. The van der Waals surface area contributed by atoms with Crippen LogP contribution in [0.2, 0.25) is 0 Å². The lowest BCUT2D eigenvalue weighted by atomic mass is 9.95. The minimum atomic E-state index is -1.03. The first-order valence-corrected chi connectivity index (χ1v) is 5.05. The second-order valence-electron chi connectivity index (χ2n) is 4.32. The van der Waals surface area contributed by atoms with Crippen LogP contribution in [0.15, 0.2) is 0 Å². The summed E-state index contributed by atoms with van der Waals surface area (Å²) in [4.78, 5) is 21.2. The molecule has 92 valence electrons. The smallest absolute Gasteiger partial charge is 0.303 e. The maximum absolute atomic E-state index is 10.6. The van der Waals surface area contributed by atoms with Crippen molar-refractivity contribution in [2.45, 2.75) is 38.6 Å². The van der Waals surface area contributed by atoms with E-state index in [9.17, 15) is 9.59 Å². The Kier molecular flexibility index (Phi) is 3.88. The molecule has 1 unspecified atom stereocenters. The van der Waals surface area contributed by atoms with Crippen LogP contribution in [-0.2, 0) is 19.1 Å². The Bertz CT molecular complexity index is 269. The predicted octanol–water partition coefficient (Wildman–Crippen LogP) is 0.703. The summed E-state index contributed by atoms with van der Waals surface area (Å²) in [5.74, 6) is -3.38. The fraction of sp³-hybridized carbons (Fsp3) is 0.800. The van der Waals surface area contributed by atoms with Crippen molar-refractivity contribution in [3.05, 3.63) is 0 Å². The molecular formula is C10H16O6. The molecule has 6 nitrogen and oxygen atoms in total. The SMILES string of the molecule is CC1(C)OCC(C(CC(=O)O)CC(=O)O)O1. The van der Waals surface area contributed by atoms with E-state index in [1.54, 1.807) is 13.8 Å². The van der Waals surface area contributed by atoms with Gasteiger partial charge in [0.25, 0.3) is 0 Å². The van der Waals surface area contributed by atoms with Crippen molar-refractivity contribution >= 4 is 11.9 Å². The van der Waals surface area contributed by atoms with E-state index in [0.29, 0.717) is 0 Å². The van der Waals surface area contributed by atoms with Gasteiger partial charge in [0.1, 0.15) is 0 Å². The minimum Gasteiger partial charge on any atom is -0.481 e. The number of carbonyl (C=O) groups is 2. The Hall–Kier alpha value is -1.14. The molecule has 1 heterocycles. The van der Waals surface area contributed by atoms with Crippen molar-refractivity contribution in [3.8, 4) is 0 Å². The zero-order valence-electron chi connectivity index (χ0n) is 9.30. The van der Waals surface area contributed by atoms with Crippen LogP contribution < -0.4 is 0 Å². The molecule has 0 bridgehead atoms. The minimum absolute atomic E-state index is 0.226. The summed E-state index contributed by atoms with van der Waals surface area (Å²) in [5, 5.41) is 17.4. The van der Waals surface area contributed by atoms with Gasteiger partial charge in [0, 0.05) is 5.92 Å². The topological polar surface area (TPSA) is 93.1 Å². The predicted molar refractivity (Wildman–Crippen MR) is 52.9 cm³/mol. The Labute approximate surface area is 93.2 Å². The van der Waals surface area contributed by atoms with Crippen molar-refractivity contribution in [1.82, 2.24) is 0 Å². The fourth-order valence-corrected chi connectivity index (χ4v) is 1.73. The lowest BCUT2D eigenvalue weighted by Crippen LogP contribution is -2.30. The molecule has 1 saturated heterocycles. The van der Waals surface area contributed by atoms with Gasteiger partial charge in [-0.1, -0.05) is 0 Å². The van der Waals surface area contributed by atoms with Crippen molar-refractivity contribution in [1.29, 1.82) is 0 Å². The van der Waals surface area contributed by atoms with Gasteiger partial charge in [-0.3, -0.25) is 9.59 Å². The van der Waals surface area contributed by atoms with Crippen LogP contribution >= 0.6 is 0 Å². The van der Waals surface area contributed by atoms with Gasteiger partial charge < -0.3 is 19.7 Å². The van der Waals surface area contributed by atoms with Crippen molar-refractivity contribution in [2.75, 3.05) is 6.61 Å². The van der Waals surface area contributed by atoms with Gasteiger partial charge >= 0.3 is 11.9 Å². The molecular weight excluding hydrogens is 216 g/mol. The van der Waals surface area contributed by atoms with Crippen molar-refractivity contribution < 1.29 is 29.3 Å². The molecule has 0 aliphatic carbocycles. The number of hydrogen-bond donors (Lipinski definition) is 2. The normalized spacial score (nSPS) is 23.6. The van der Waals surface area contributed by atoms with E-state index in [-0.39, 0.29) is 19.4 Å². The third-order valence-corrected chi connectivity index (χ3v) is 2.43. The van der Waals surface area contributed by atoms with Crippen LogP contribution in [0.25, 0.3) is 0 Å². The lowest BCUT2D eigenvalue weighted by molar-refractivity contribution is -0.155. The second kappa shape index (κ2) is 4.80. The zero-order valence-corrected chi connectivity index (χ0v) is 9.30. The molecule has 0 aromatic carbocycles. The van der Waals surface area contributed by atoms with Gasteiger partial charge in [-0.2, -0.15) is 0 Å². The highest BCUT2D eigenvalue weighted by atomic mass is 16.7. The summed E-state index contributed by atoms with van der Waals surface area (Å²) in [5.41, 5.74) is 0. The van der Waals surface area contributed by atoms with E-state index < -0.39 is 29.7 Å². The van der Waals surface area contributed by atoms with Crippen molar-refractivity contribution in [3.63, 3.8) is 0 Å². The first kappa shape index (κ1) is 12.9. The summed E-state index contributed by atoms with van der Waals surface area (Å²) in [6.07, 6.45) is -0.922. The molecule has 0 radical (unpaired) electrons. The summed E-state index contributed by atoms with van der Waals surface area (Å²) < 4.78 is 10.8. The van der Waals surface area contributed by atoms with E-state index in [0.717, 1.165) is 0 Å². The Balaban J connectivity index is 2.62. The van der Waals surface area contributed by atoms with E-state index in [1.165, 1.54) is 0 Å². The maximum Gasteiger partial charge on any atom is 0.303 e. The number of hydrogen-bond acceptors (Lipinski definition) is 4. The number of rotatable bonds is 5. The van der Waals surface area contributed by atoms with Crippen LogP contribution in [0, 0.1) is 5.92 Å². The van der Waals surface area contributed by atoms with Gasteiger partial charge in [0.2, 0.25) is 0 Å².